The van der Waals surface area contributed by atoms with Crippen molar-refractivity contribution in [1.29, 1.82) is 0 Å². The maximum atomic E-state index is 10.00. The third-order valence-corrected chi connectivity index (χ3v) is 5.01. The molecular formula is C22H18INO3. The van der Waals surface area contributed by atoms with Gasteiger partial charge in [0.2, 0.25) is 0 Å². The van der Waals surface area contributed by atoms with E-state index < -0.39 is 6.29 Å². The number of hydrogen-bond donors (Lipinski definition) is 1. The standard InChI is InChI=1S/C22H18INO3/c1-2-26-22(25)16-4-3-15-12-18(7-5-14(15)11-16)27-21-9-10-24-20-13-17(23)6-8-19(20)21/h3-13,22,25H,2H2,1H3. The third-order valence-electron chi connectivity index (χ3n) is 4.34. The minimum absolute atomic E-state index is 0.463. The van der Waals surface area contributed by atoms with Crippen molar-refractivity contribution in [1.82, 2.24) is 4.98 Å². The molecule has 4 rings (SSSR count). The zero-order valence-electron chi connectivity index (χ0n) is 14.7. The van der Waals surface area contributed by atoms with Gasteiger partial charge < -0.3 is 14.6 Å². The van der Waals surface area contributed by atoms with Crippen molar-refractivity contribution in [2.24, 2.45) is 0 Å². The van der Waals surface area contributed by atoms with Gasteiger partial charge in [-0.3, -0.25) is 4.98 Å². The molecule has 0 aliphatic rings. The Kier molecular flexibility index (Phi) is 5.24. The number of rotatable bonds is 5. The average molecular weight is 471 g/mol. The first-order chi connectivity index (χ1) is 13.1. The SMILES string of the molecule is CCOC(O)c1ccc2cc(Oc3ccnc4cc(I)ccc34)ccc2c1. The van der Waals surface area contributed by atoms with Gasteiger partial charge in [0, 0.05) is 27.3 Å². The first-order valence-electron chi connectivity index (χ1n) is 8.69. The molecule has 1 atom stereocenters. The van der Waals surface area contributed by atoms with Crippen LogP contribution < -0.4 is 4.74 Å². The van der Waals surface area contributed by atoms with E-state index in [4.69, 9.17) is 9.47 Å². The fourth-order valence-electron chi connectivity index (χ4n) is 3.02. The number of aliphatic hydroxyl groups excluding tert-OH is 1. The smallest absolute Gasteiger partial charge is 0.181 e. The van der Waals surface area contributed by atoms with Gasteiger partial charge in [-0.1, -0.05) is 18.2 Å². The van der Waals surface area contributed by atoms with Gasteiger partial charge in [0.05, 0.1) is 5.52 Å². The summed E-state index contributed by atoms with van der Waals surface area (Å²) in [6.45, 7) is 2.32. The van der Waals surface area contributed by atoms with Gasteiger partial charge in [-0.15, -0.1) is 0 Å². The highest BCUT2D eigenvalue weighted by molar-refractivity contribution is 14.1. The molecule has 1 aromatic heterocycles. The van der Waals surface area contributed by atoms with E-state index in [-0.39, 0.29) is 0 Å². The van der Waals surface area contributed by atoms with Crippen molar-refractivity contribution in [3.05, 3.63) is 76.0 Å². The van der Waals surface area contributed by atoms with Crippen LogP contribution in [0.25, 0.3) is 21.7 Å². The van der Waals surface area contributed by atoms with Gasteiger partial charge in [-0.25, -0.2) is 0 Å². The highest BCUT2D eigenvalue weighted by atomic mass is 127. The van der Waals surface area contributed by atoms with Crippen molar-refractivity contribution >= 4 is 44.3 Å². The van der Waals surface area contributed by atoms with E-state index in [9.17, 15) is 5.11 Å². The van der Waals surface area contributed by atoms with Crippen LogP contribution >= 0.6 is 22.6 Å². The fourth-order valence-corrected chi connectivity index (χ4v) is 3.50. The number of fused-ring (bicyclic) bond motifs is 2. The zero-order valence-corrected chi connectivity index (χ0v) is 16.9. The van der Waals surface area contributed by atoms with Gasteiger partial charge in [-0.2, -0.15) is 0 Å². The molecule has 27 heavy (non-hydrogen) atoms. The lowest BCUT2D eigenvalue weighted by Gasteiger charge is -2.13. The molecule has 1 N–H and O–H groups in total. The molecule has 0 spiro atoms. The van der Waals surface area contributed by atoms with Crippen molar-refractivity contribution in [2.75, 3.05) is 6.61 Å². The molecule has 5 heteroatoms. The number of benzene rings is 3. The minimum Gasteiger partial charge on any atom is -0.457 e. The first kappa shape index (κ1) is 18.2. The van der Waals surface area contributed by atoms with Crippen LogP contribution in [0.3, 0.4) is 0 Å². The molecule has 136 valence electrons. The number of aliphatic hydroxyl groups is 1. The molecule has 0 saturated carbocycles. The molecule has 0 amide bonds. The Morgan fingerprint density at radius 1 is 1.00 bits per heavy atom. The maximum absolute atomic E-state index is 10.00. The molecule has 1 heterocycles. The van der Waals surface area contributed by atoms with Crippen LogP contribution in [-0.4, -0.2) is 16.7 Å². The highest BCUT2D eigenvalue weighted by Gasteiger charge is 2.09. The lowest BCUT2D eigenvalue weighted by molar-refractivity contribution is -0.0978. The second-order valence-electron chi connectivity index (χ2n) is 6.15. The summed E-state index contributed by atoms with van der Waals surface area (Å²) in [5.41, 5.74) is 1.66. The van der Waals surface area contributed by atoms with E-state index in [1.807, 2.05) is 67.6 Å². The van der Waals surface area contributed by atoms with Crippen molar-refractivity contribution in [3.63, 3.8) is 0 Å². The van der Waals surface area contributed by atoms with E-state index in [0.717, 1.165) is 42.3 Å². The van der Waals surface area contributed by atoms with E-state index in [1.165, 1.54) is 0 Å². The van der Waals surface area contributed by atoms with Crippen molar-refractivity contribution < 1.29 is 14.6 Å². The predicted molar refractivity (Wildman–Crippen MR) is 115 cm³/mol. The van der Waals surface area contributed by atoms with Crippen LogP contribution in [0.15, 0.2) is 66.9 Å². The van der Waals surface area contributed by atoms with Crippen molar-refractivity contribution in [3.8, 4) is 11.5 Å². The first-order valence-corrected chi connectivity index (χ1v) is 9.77. The normalized spacial score (nSPS) is 12.4. The van der Waals surface area contributed by atoms with Crippen LogP contribution in [0, 0.1) is 3.57 Å². The molecule has 0 bridgehead atoms. The Bertz CT molecular complexity index is 1110. The lowest BCUT2D eigenvalue weighted by atomic mass is 10.1. The van der Waals surface area contributed by atoms with Crippen LogP contribution in [0.2, 0.25) is 0 Å². The van der Waals surface area contributed by atoms with E-state index in [2.05, 4.69) is 27.6 Å². The lowest BCUT2D eigenvalue weighted by Crippen LogP contribution is -2.02. The molecule has 0 saturated heterocycles. The maximum Gasteiger partial charge on any atom is 0.181 e. The molecule has 4 aromatic rings. The van der Waals surface area contributed by atoms with Gasteiger partial charge in [-0.05, 0) is 82.8 Å². The number of pyridine rings is 1. The van der Waals surface area contributed by atoms with Crippen LogP contribution in [0.1, 0.15) is 18.8 Å². The molecule has 0 aliphatic heterocycles. The predicted octanol–water partition coefficient (Wildman–Crippen LogP) is 5.81. The summed E-state index contributed by atoms with van der Waals surface area (Å²) in [7, 11) is 0. The van der Waals surface area contributed by atoms with Crippen molar-refractivity contribution in [2.45, 2.75) is 13.2 Å². The molecule has 0 fully saturated rings. The Morgan fingerprint density at radius 2 is 1.81 bits per heavy atom. The Hall–Kier alpha value is -2.22. The van der Waals surface area contributed by atoms with Crippen LogP contribution in [0.4, 0.5) is 0 Å². The molecule has 4 nitrogen and oxygen atoms in total. The average Bonchev–Trinajstić information content (AvgIpc) is 2.67. The van der Waals surface area contributed by atoms with Gasteiger partial charge in [0.1, 0.15) is 11.5 Å². The number of nitrogens with zero attached hydrogens (tertiary/aromatic N) is 1. The topological polar surface area (TPSA) is 51.6 Å². The largest absolute Gasteiger partial charge is 0.457 e. The molecular weight excluding hydrogens is 453 g/mol. The minimum atomic E-state index is -0.902. The molecule has 0 aliphatic carbocycles. The summed E-state index contributed by atoms with van der Waals surface area (Å²) in [5.74, 6) is 1.53. The number of halogens is 1. The Labute approximate surface area is 170 Å². The Morgan fingerprint density at radius 3 is 2.67 bits per heavy atom. The van der Waals surface area contributed by atoms with Gasteiger partial charge in [0.25, 0.3) is 0 Å². The summed E-state index contributed by atoms with van der Waals surface area (Å²) in [6, 6.07) is 19.7. The quantitative estimate of drug-likeness (QED) is 0.295. The van der Waals surface area contributed by atoms with E-state index in [0.29, 0.717) is 6.61 Å². The summed E-state index contributed by atoms with van der Waals surface area (Å²) in [5, 5.41) is 13.0. The highest BCUT2D eigenvalue weighted by Crippen LogP contribution is 2.32. The number of ether oxygens (including phenoxy) is 2. The van der Waals surface area contributed by atoms with E-state index in [1.54, 1.807) is 6.20 Å². The zero-order chi connectivity index (χ0) is 18.8. The molecule has 1 unspecified atom stereocenters. The van der Waals surface area contributed by atoms with Crippen LogP contribution in [0.5, 0.6) is 11.5 Å². The Balaban J connectivity index is 1.66. The second kappa shape index (κ2) is 7.80. The molecule has 0 radical (unpaired) electrons. The van der Waals surface area contributed by atoms with E-state index >= 15 is 0 Å². The fraction of sp³-hybridized carbons (Fsp3) is 0.136. The summed E-state index contributed by atoms with van der Waals surface area (Å²) < 4.78 is 12.5. The number of hydrogen-bond acceptors (Lipinski definition) is 4. The third kappa shape index (κ3) is 3.90. The molecule has 3 aromatic carbocycles. The van der Waals surface area contributed by atoms with Gasteiger partial charge in [0.15, 0.2) is 6.29 Å². The van der Waals surface area contributed by atoms with Gasteiger partial charge >= 0.3 is 0 Å². The summed E-state index contributed by atoms with van der Waals surface area (Å²) >= 11 is 2.28. The van der Waals surface area contributed by atoms with Crippen LogP contribution in [-0.2, 0) is 4.74 Å². The second-order valence-corrected chi connectivity index (χ2v) is 7.39. The number of aromatic nitrogens is 1. The monoisotopic (exact) mass is 471 g/mol. The summed E-state index contributed by atoms with van der Waals surface area (Å²) in [6.07, 6.45) is 0.859. The summed E-state index contributed by atoms with van der Waals surface area (Å²) in [4.78, 5) is 4.42.